The highest BCUT2D eigenvalue weighted by atomic mass is 16.5. The second kappa shape index (κ2) is 5.13. The molecule has 1 aromatic carbocycles. The Bertz CT molecular complexity index is 523. The van der Waals surface area contributed by atoms with Crippen LogP contribution in [0.2, 0.25) is 0 Å². The summed E-state index contributed by atoms with van der Waals surface area (Å²) in [6.45, 7) is 4.22. The van der Waals surface area contributed by atoms with Crippen LogP contribution >= 0.6 is 0 Å². The summed E-state index contributed by atoms with van der Waals surface area (Å²) in [5.41, 5.74) is 3.99. The number of aryl methyl sites for hydroxylation is 2. The van der Waals surface area contributed by atoms with Gasteiger partial charge in [0.15, 0.2) is 0 Å². The highest BCUT2D eigenvalue weighted by molar-refractivity contribution is 5.76. The first-order chi connectivity index (χ1) is 8.24. The Hall–Kier alpha value is -1.64. The first-order valence-electron chi connectivity index (χ1n) is 6.06. The average Bonchev–Trinajstić information content (AvgIpc) is 2.35. The number of nitrogens with zero attached hydrogens (tertiary/aromatic N) is 2. The van der Waals surface area contributed by atoms with E-state index in [0.717, 1.165) is 41.0 Å². The lowest BCUT2D eigenvalue weighted by molar-refractivity contribution is 0.415. The third kappa shape index (κ3) is 2.54. The van der Waals surface area contributed by atoms with Crippen molar-refractivity contribution in [2.24, 2.45) is 0 Å². The van der Waals surface area contributed by atoms with Crippen molar-refractivity contribution in [2.75, 3.05) is 7.11 Å². The van der Waals surface area contributed by atoms with Gasteiger partial charge in [-0.1, -0.05) is 13.3 Å². The van der Waals surface area contributed by atoms with Crippen molar-refractivity contribution in [1.82, 2.24) is 9.97 Å². The normalized spacial score (nSPS) is 10.8. The Kier molecular flexibility index (Phi) is 3.57. The number of benzene rings is 1. The molecule has 0 unspecified atom stereocenters. The lowest BCUT2D eigenvalue weighted by Gasteiger charge is -2.07. The van der Waals surface area contributed by atoms with Gasteiger partial charge in [-0.15, -0.1) is 0 Å². The summed E-state index contributed by atoms with van der Waals surface area (Å²) in [5.74, 6) is 0.831. The van der Waals surface area contributed by atoms with Crippen molar-refractivity contribution in [3.63, 3.8) is 0 Å². The maximum atomic E-state index is 5.21. The molecule has 3 heteroatoms. The fourth-order valence-electron chi connectivity index (χ4n) is 1.87. The molecule has 0 radical (unpaired) electrons. The first kappa shape index (κ1) is 11.8. The van der Waals surface area contributed by atoms with Crippen LogP contribution in [0.5, 0.6) is 5.75 Å². The fraction of sp³-hybridized carbons (Fsp3) is 0.429. The standard InChI is InChI=1S/C14H18N2O/c1-4-5-6-12-10(2)15-13-8-7-11(17-3)9-14(13)16-12/h7-9H,4-6H2,1-3H3. The molecule has 0 saturated carbocycles. The summed E-state index contributed by atoms with van der Waals surface area (Å²) in [5, 5.41) is 0. The Morgan fingerprint density at radius 1 is 1.18 bits per heavy atom. The minimum atomic E-state index is 0.831. The minimum Gasteiger partial charge on any atom is -0.497 e. The lowest BCUT2D eigenvalue weighted by Crippen LogP contribution is -1.99. The van der Waals surface area contributed by atoms with Crippen molar-refractivity contribution < 1.29 is 4.74 Å². The predicted molar refractivity (Wildman–Crippen MR) is 69.4 cm³/mol. The quantitative estimate of drug-likeness (QED) is 0.808. The van der Waals surface area contributed by atoms with E-state index in [-0.39, 0.29) is 0 Å². The summed E-state index contributed by atoms with van der Waals surface area (Å²) < 4.78 is 5.21. The third-order valence-electron chi connectivity index (χ3n) is 2.91. The molecule has 2 rings (SSSR count). The average molecular weight is 230 g/mol. The van der Waals surface area contributed by atoms with Crippen molar-refractivity contribution in [1.29, 1.82) is 0 Å². The molecule has 1 heterocycles. The van der Waals surface area contributed by atoms with Gasteiger partial charge in [0.2, 0.25) is 0 Å². The predicted octanol–water partition coefficient (Wildman–Crippen LogP) is 3.29. The topological polar surface area (TPSA) is 35.0 Å². The zero-order valence-corrected chi connectivity index (χ0v) is 10.7. The van der Waals surface area contributed by atoms with Crippen LogP contribution in [0, 0.1) is 6.92 Å². The van der Waals surface area contributed by atoms with E-state index in [0.29, 0.717) is 0 Å². The monoisotopic (exact) mass is 230 g/mol. The van der Waals surface area contributed by atoms with E-state index in [1.807, 2.05) is 25.1 Å². The highest BCUT2D eigenvalue weighted by Gasteiger charge is 2.05. The lowest BCUT2D eigenvalue weighted by atomic mass is 10.1. The Balaban J connectivity index is 2.44. The number of ether oxygens (including phenoxy) is 1. The van der Waals surface area contributed by atoms with Gasteiger partial charge in [-0.25, -0.2) is 9.97 Å². The van der Waals surface area contributed by atoms with E-state index >= 15 is 0 Å². The molecular formula is C14H18N2O. The van der Waals surface area contributed by atoms with Crippen LogP contribution in [-0.4, -0.2) is 17.1 Å². The number of methoxy groups -OCH3 is 1. The summed E-state index contributed by atoms with van der Waals surface area (Å²) >= 11 is 0. The molecule has 0 saturated heterocycles. The molecule has 0 amide bonds. The SMILES string of the molecule is CCCCc1nc2cc(OC)ccc2nc1C. The third-order valence-corrected chi connectivity index (χ3v) is 2.91. The van der Waals surface area contributed by atoms with E-state index in [9.17, 15) is 0 Å². The van der Waals surface area contributed by atoms with Crippen molar-refractivity contribution in [3.8, 4) is 5.75 Å². The molecule has 3 nitrogen and oxygen atoms in total. The van der Waals surface area contributed by atoms with Crippen LogP contribution in [0.15, 0.2) is 18.2 Å². The zero-order chi connectivity index (χ0) is 12.3. The summed E-state index contributed by atoms with van der Waals surface area (Å²) in [6.07, 6.45) is 3.34. The van der Waals surface area contributed by atoms with Gasteiger partial charge < -0.3 is 4.74 Å². The molecule has 0 bridgehead atoms. The van der Waals surface area contributed by atoms with Crippen LogP contribution in [0.1, 0.15) is 31.2 Å². The molecule has 2 aromatic rings. The van der Waals surface area contributed by atoms with E-state index in [4.69, 9.17) is 4.74 Å². The molecule has 0 spiro atoms. The van der Waals surface area contributed by atoms with Gasteiger partial charge in [-0.2, -0.15) is 0 Å². The molecular weight excluding hydrogens is 212 g/mol. The van der Waals surface area contributed by atoms with Crippen LogP contribution in [0.4, 0.5) is 0 Å². The fourth-order valence-corrected chi connectivity index (χ4v) is 1.87. The molecule has 0 N–H and O–H groups in total. The molecule has 1 aromatic heterocycles. The van der Waals surface area contributed by atoms with Gasteiger partial charge in [0.25, 0.3) is 0 Å². The molecule has 0 fully saturated rings. The Morgan fingerprint density at radius 2 is 2.00 bits per heavy atom. The van der Waals surface area contributed by atoms with Gasteiger partial charge in [0.05, 0.1) is 29.5 Å². The second-order valence-electron chi connectivity index (χ2n) is 4.21. The molecule has 17 heavy (non-hydrogen) atoms. The summed E-state index contributed by atoms with van der Waals surface area (Å²) in [7, 11) is 1.67. The molecule has 0 aliphatic carbocycles. The molecule has 90 valence electrons. The van der Waals surface area contributed by atoms with Gasteiger partial charge >= 0.3 is 0 Å². The number of rotatable bonds is 4. The van der Waals surface area contributed by atoms with E-state index in [1.165, 1.54) is 6.42 Å². The van der Waals surface area contributed by atoms with Crippen molar-refractivity contribution >= 4 is 11.0 Å². The van der Waals surface area contributed by atoms with Gasteiger partial charge in [0, 0.05) is 6.07 Å². The summed E-state index contributed by atoms with van der Waals surface area (Å²) in [4.78, 5) is 9.26. The largest absolute Gasteiger partial charge is 0.497 e. The van der Waals surface area contributed by atoms with Crippen LogP contribution in [0.25, 0.3) is 11.0 Å². The van der Waals surface area contributed by atoms with Crippen molar-refractivity contribution in [3.05, 3.63) is 29.6 Å². The smallest absolute Gasteiger partial charge is 0.121 e. The van der Waals surface area contributed by atoms with E-state index in [1.54, 1.807) is 7.11 Å². The molecule has 0 aliphatic rings. The number of unbranched alkanes of at least 4 members (excludes halogenated alkanes) is 1. The zero-order valence-electron chi connectivity index (χ0n) is 10.7. The number of aromatic nitrogens is 2. The van der Waals surface area contributed by atoms with Crippen LogP contribution in [0.3, 0.4) is 0 Å². The van der Waals surface area contributed by atoms with Crippen molar-refractivity contribution in [2.45, 2.75) is 33.1 Å². The van der Waals surface area contributed by atoms with Crippen LogP contribution < -0.4 is 4.74 Å². The Labute approximate surface area is 102 Å². The van der Waals surface area contributed by atoms with Crippen LogP contribution in [-0.2, 0) is 6.42 Å². The molecule has 0 aliphatic heterocycles. The van der Waals surface area contributed by atoms with Gasteiger partial charge in [-0.05, 0) is 31.9 Å². The maximum Gasteiger partial charge on any atom is 0.121 e. The number of fused-ring (bicyclic) bond motifs is 1. The number of hydrogen-bond donors (Lipinski definition) is 0. The van der Waals surface area contributed by atoms with Gasteiger partial charge in [0.1, 0.15) is 5.75 Å². The highest BCUT2D eigenvalue weighted by Crippen LogP contribution is 2.19. The van der Waals surface area contributed by atoms with E-state index < -0.39 is 0 Å². The first-order valence-corrected chi connectivity index (χ1v) is 6.06. The minimum absolute atomic E-state index is 0.831. The maximum absolute atomic E-state index is 5.21. The molecule has 0 atom stereocenters. The van der Waals surface area contributed by atoms with E-state index in [2.05, 4.69) is 16.9 Å². The number of hydrogen-bond acceptors (Lipinski definition) is 3. The second-order valence-corrected chi connectivity index (χ2v) is 4.21. The Morgan fingerprint density at radius 3 is 2.71 bits per heavy atom. The van der Waals surface area contributed by atoms with Gasteiger partial charge in [-0.3, -0.25) is 0 Å². The summed E-state index contributed by atoms with van der Waals surface area (Å²) in [6, 6.07) is 5.82.